The molecule has 122 valence electrons. The maximum atomic E-state index is 12.2. The number of carbonyl (C=O) groups is 3. The summed E-state index contributed by atoms with van der Waals surface area (Å²) in [6, 6.07) is 15.5. The standard InChI is InChI=1S/C20H18O4/c21-18(12-19(22)20(23)24)15-8-3-7-14(11-15)17-10-4-6-13-5-1-2-9-16(13)17/h1-3,5,7-9,11,17H,4,6,10,12H2,(H,23,24). The Hall–Kier alpha value is -2.75. The Morgan fingerprint density at radius 1 is 1.04 bits per heavy atom. The van der Waals surface area contributed by atoms with E-state index < -0.39 is 24.0 Å². The lowest BCUT2D eigenvalue weighted by atomic mass is 9.78. The van der Waals surface area contributed by atoms with Gasteiger partial charge in [-0.2, -0.15) is 0 Å². The Labute approximate surface area is 140 Å². The zero-order chi connectivity index (χ0) is 17.1. The number of carbonyl (C=O) groups excluding carboxylic acids is 2. The number of rotatable bonds is 5. The third kappa shape index (κ3) is 3.27. The summed E-state index contributed by atoms with van der Waals surface area (Å²) < 4.78 is 0. The predicted octanol–water partition coefficient (Wildman–Crippen LogP) is 3.38. The lowest BCUT2D eigenvalue weighted by Gasteiger charge is -2.26. The van der Waals surface area contributed by atoms with Gasteiger partial charge in [-0.3, -0.25) is 9.59 Å². The van der Waals surface area contributed by atoms with E-state index in [1.165, 1.54) is 11.1 Å². The molecule has 1 unspecified atom stereocenters. The minimum Gasteiger partial charge on any atom is -0.475 e. The molecule has 1 aliphatic carbocycles. The average molecular weight is 322 g/mol. The molecule has 0 amide bonds. The van der Waals surface area contributed by atoms with E-state index in [1.807, 2.05) is 18.2 Å². The van der Waals surface area contributed by atoms with Gasteiger partial charge in [-0.25, -0.2) is 4.79 Å². The smallest absolute Gasteiger partial charge is 0.372 e. The second-order valence-corrected chi connectivity index (χ2v) is 6.10. The second-order valence-electron chi connectivity index (χ2n) is 6.10. The molecular weight excluding hydrogens is 304 g/mol. The van der Waals surface area contributed by atoms with Crippen LogP contribution >= 0.6 is 0 Å². The molecular formula is C20H18O4. The largest absolute Gasteiger partial charge is 0.475 e. The molecule has 4 nitrogen and oxygen atoms in total. The number of fused-ring (bicyclic) bond motifs is 1. The molecule has 0 bridgehead atoms. The number of aryl methyl sites for hydroxylation is 1. The van der Waals surface area contributed by atoms with E-state index in [4.69, 9.17) is 5.11 Å². The van der Waals surface area contributed by atoms with Crippen LogP contribution in [0.25, 0.3) is 0 Å². The van der Waals surface area contributed by atoms with Gasteiger partial charge in [0.15, 0.2) is 5.78 Å². The molecule has 2 aromatic carbocycles. The van der Waals surface area contributed by atoms with Gasteiger partial charge in [-0.1, -0.05) is 42.5 Å². The van der Waals surface area contributed by atoms with Crippen molar-refractivity contribution in [2.45, 2.75) is 31.6 Å². The monoisotopic (exact) mass is 322 g/mol. The van der Waals surface area contributed by atoms with Crippen molar-refractivity contribution in [3.63, 3.8) is 0 Å². The topological polar surface area (TPSA) is 71.4 Å². The Balaban J connectivity index is 1.88. The number of Topliss-reactive ketones (excluding diaryl/α,β-unsaturated/α-hetero) is 2. The molecule has 3 rings (SSSR count). The second kappa shape index (κ2) is 6.79. The van der Waals surface area contributed by atoms with Crippen LogP contribution in [0.2, 0.25) is 0 Å². The summed E-state index contributed by atoms with van der Waals surface area (Å²) in [5, 5.41) is 8.64. The van der Waals surface area contributed by atoms with Crippen LogP contribution in [0.5, 0.6) is 0 Å². The van der Waals surface area contributed by atoms with E-state index in [9.17, 15) is 14.4 Å². The highest BCUT2D eigenvalue weighted by atomic mass is 16.4. The van der Waals surface area contributed by atoms with E-state index in [-0.39, 0.29) is 5.92 Å². The zero-order valence-corrected chi connectivity index (χ0v) is 13.2. The maximum Gasteiger partial charge on any atom is 0.372 e. The van der Waals surface area contributed by atoms with Gasteiger partial charge in [0.2, 0.25) is 5.78 Å². The Kier molecular flexibility index (Phi) is 4.56. The van der Waals surface area contributed by atoms with Crippen molar-refractivity contribution in [1.29, 1.82) is 0 Å². The number of ketones is 2. The van der Waals surface area contributed by atoms with Crippen LogP contribution in [-0.2, 0) is 16.0 Å². The lowest BCUT2D eigenvalue weighted by Crippen LogP contribution is -2.17. The SMILES string of the molecule is O=C(O)C(=O)CC(=O)c1cccc(C2CCCc3ccccc32)c1. The first-order chi connectivity index (χ1) is 11.6. The molecule has 0 spiro atoms. The third-order valence-corrected chi connectivity index (χ3v) is 4.54. The van der Waals surface area contributed by atoms with E-state index in [0.29, 0.717) is 5.56 Å². The minimum atomic E-state index is -1.57. The summed E-state index contributed by atoms with van der Waals surface area (Å²) >= 11 is 0. The van der Waals surface area contributed by atoms with Gasteiger partial charge in [0.05, 0.1) is 6.42 Å². The first kappa shape index (κ1) is 16.1. The van der Waals surface area contributed by atoms with Crippen LogP contribution in [0.3, 0.4) is 0 Å². The predicted molar refractivity (Wildman–Crippen MR) is 89.3 cm³/mol. The molecule has 2 aromatic rings. The van der Waals surface area contributed by atoms with Gasteiger partial charge in [-0.15, -0.1) is 0 Å². The van der Waals surface area contributed by atoms with Crippen molar-refractivity contribution in [2.75, 3.05) is 0 Å². The van der Waals surface area contributed by atoms with Crippen LogP contribution in [0.1, 0.15) is 52.2 Å². The fourth-order valence-electron chi connectivity index (χ4n) is 3.35. The number of hydrogen-bond donors (Lipinski definition) is 1. The lowest BCUT2D eigenvalue weighted by molar-refractivity contribution is -0.148. The van der Waals surface area contributed by atoms with Crippen LogP contribution in [-0.4, -0.2) is 22.6 Å². The fourth-order valence-corrected chi connectivity index (χ4v) is 3.35. The van der Waals surface area contributed by atoms with Gasteiger partial charge < -0.3 is 5.11 Å². The number of benzene rings is 2. The van der Waals surface area contributed by atoms with Gasteiger partial charge >= 0.3 is 5.97 Å². The van der Waals surface area contributed by atoms with Crippen molar-refractivity contribution in [2.24, 2.45) is 0 Å². The fraction of sp³-hybridized carbons (Fsp3) is 0.250. The highest BCUT2D eigenvalue weighted by molar-refractivity contribution is 6.37. The van der Waals surface area contributed by atoms with Crippen LogP contribution < -0.4 is 0 Å². The molecule has 0 fully saturated rings. The number of hydrogen-bond acceptors (Lipinski definition) is 3. The maximum absolute atomic E-state index is 12.2. The molecule has 1 aliphatic rings. The average Bonchev–Trinajstić information content (AvgIpc) is 2.61. The van der Waals surface area contributed by atoms with E-state index in [0.717, 1.165) is 24.8 Å². The van der Waals surface area contributed by atoms with E-state index >= 15 is 0 Å². The summed E-state index contributed by atoms with van der Waals surface area (Å²) in [4.78, 5) is 34.0. The summed E-state index contributed by atoms with van der Waals surface area (Å²) in [5.74, 6) is -2.86. The van der Waals surface area contributed by atoms with E-state index in [1.54, 1.807) is 18.2 Å². The van der Waals surface area contributed by atoms with E-state index in [2.05, 4.69) is 12.1 Å². The molecule has 0 aromatic heterocycles. The van der Waals surface area contributed by atoms with Crippen molar-refractivity contribution >= 4 is 17.5 Å². The van der Waals surface area contributed by atoms with Crippen molar-refractivity contribution in [3.05, 3.63) is 70.8 Å². The van der Waals surface area contributed by atoms with Gasteiger partial charge in [-0.05, 0) is 42.0 Å². The van der Waals surface area contributed by atoms with Gasteiger partial charge in [0, 0.05) is 11.5 Å². The molecule has 0 aliphatic heterocycles. The summed E-state index contributed by atoms with van der Waals surface area (Å²) in [7, 11) is 0. The number of carboxylic acid groups (broad SMARTS) is 1. The molecule has 0 saturated carbocycles. The Morgan fingerprint density at radius 3 is 2.62 bits per heavy atom. The van der Waals surface area contributed by atoms with Crippen LogP contribution in [0.4, 0.5) is 0 Å². The summed E-state index contributed by atoms with van der Waals surface area (Å²) in [6.07, 6.45) is 2.58. The molecule has 1 N–H and O–H groups in total. The Morgan fingerprint density at radius 2 is 1.83 bits per heavy atom. The van der Waals surface area contributed by atoms with Crippen molar-refractivity contribution < 1.29 is 19.5 Å². The number of carboxylic acids is 1. The minimum absolute atomic E-state index is 0.234. The highest BCUT2D eigenvalue weighted by Gasteiger charge is 2.23. The molecule has 0 heterocycles. The zero-order valence-electron chi connectivity index (χ0n) is 13.2. The summed E-state index contributed by atoms with van der Waals surface area (Å²) in [5.41, 5.74) is 4.06. The van der Waals surface area contributed by atoms with Crippen LogP contribution in [0, 0.1) is 0 Å². The summed E-state index contributed by atoms with van der Waals surface area (Å²) in [6.45, 7) is 0. The number of aliphatic carboxylic acids is 1. The third-order valence-electron chi connectivity index (χ3n) is 4.54. The van der Waals surface area contributed by atoms with Crippen LogP contribution in [0.15, 0.2) is 48.5 Å². The molecule has 4 heteroatoms. The van der Waals surface area contributed by atoms with Gasteiger partial charge in [0.25, 0.3) is 0 Å². The van der Waals surface area contributed by atoms with Crippen molar-refractivity contribution in [3.8, 4) is 0 Å². The molecule has 0 saturated heterocycles. The molecule has 0 radical (unpaired) electrons. The normalized spacial score (nSPS) is 16.2. The molecule has 1 atom stereocenters. The van der Waals surface area contributed by atoms with Gasteiger partial charge in [0.1, 0.15) is 0 Å². The first-order valence-corrected chi connectivity index (χ1v) is 8.03. The Bertz CT molecular complexity index is 807. The first-order valence-electron chi connectivity index (χ1n) is 8.03. The quantitative estimate of drug-likeness (QED) is 0.520. The highest BCUT2D eigenvalue weighted by Crippen LogP contribution is 2.36. The molecule has 24 heavy (non-hydrogen) atoms. The van der Waals surface area contributed by atoms with Crippen molar-refractivity contribution in [1.82, 2.24) is 0 Å².